The smallest absolute Gasteiger partial charge is 0.238 e. The Balaban J connectivity index is 2.97. The maximum atomic E-state index is 11.3. The van der Waals surface area contributed by atoms with Gasteiger partial charge < -0.3 is 0 Å². The van der Waals surface area contributed by atoms with Gasteiger partial charge in [0, 0.05) is 6.54 Å². The summed E-state index contributed by atoms with van der Waals surface area (Å²) in [5.41, 5.74) is 1.82. The summed E-state index contributed by atoms with van der Waals surface area (Å²) in [4.78, 5) is 2.48. The predicted molar refractivity (Wildman–Crippen MR) is 69.2 cm³/mol. The van der Waals surface area contributed by atoms with E-state index in [1.807, 2.05) is 12.1 Å². The lowest BCUT2D eigenvalue weighted by molar-refractivity contribution is 0.296. The number of nitrogens with two attached hydrogens (primary N) is 1. The van der Waals surface area contributed by atoms with Gasteiger partial charge in [-0.3, -0.25) is 4.90 Å². The van der Waals surface area contributed by atoms with Crippen LogP contribution in [0.2, 0.25) is 0 Å². The Bertz CT molecular complexity index is 479. The van der Waals surface area contributed by atoms with E-state index in [9.17, 15) is 8.42 Å². The molecule has 0 heterocycles. The van der Waals surface area contributed by atoms with E-state index in [1.165, 1.54) is 0 Å². The van der Waals surface area contributed by atoms with Gasteiger partial charge in [-0.15, -0.1) is 0 Å². The van der Waals surface area contributed by atoms with E-state index in [4.69, 9.17) is 5.14 Å². The van der Waals surface area contributed by atoms with Crippen LogP contribution in [0.15, 0.2) is 23.1 Å². The summed E-state index contributed by atoms with van der Waals surface area (Å²) in [6, 6.07) is 5.30. The summed E-state index contributed by atoms with van der Waals surface area (Å²) in [6.07, 6.45) is 0. The summed E-state index contributed by atoms with van der Waals surface area (Å²) in [7, 11) is -3.60. The van der Waals surface area contributed by atoms with Gasteiger partial charge in [0.25, 0.3) is 0 Å². The third-order valence-electron chi connectivity index (χ3n) is 2.85. The van der Waals surface area contributed by atoms with Gasteiger partial charge in [0.15, 0.2) is 0 Å². The standard InChI is InChI=1S/C12H20N2O2S/c1-4-14(5-2)9-11-6-7-12(10(3)8-11)17(13,15)16/h6-8H,4-5,9H2,1-3H3,(H2,13,15,16). The average molecular weight is 256 g/mol. The molecule has 0 amide bonds. The number of sulfonamides is 1. The van der Waals surface area contributed by atoms with Crippen LogP contribution in [0.25, 0.3) is 0 Å². The largest absolute Gasteiger partial charge is 0.300 e. The Morgan fingerprint density at radius 3 is 2.24 bits per heavy atom. The van der Waals surface area contributed by atoms with Gasteiger partial charge in [-0.05, 0) is 37.2 Å². The van der Waals surface area contributed by atoms with Crippen LogP contribution < -0.4 is 5.14 Å². The van der Waals surface area contributed by atoms with Gasteiger partial charge in [-0.25, -0.2) is 13.6 Å². The highest BCUT2D eigenvalue weighted by Gasteiger charge is 2.12. The Kier molecular flexibility index (Phi) is 4.68. The molecule has 17 heavy (non-hydrogen) atoms. The van der Waals surface area contributed by atoms with Crippen LogP contribution in [-0.4, -0.2) is 26.4 Å². The molecule has 1 rings (SSSR count). The highest BCUT2D eigenvalue weighted by molar-refractivity contribution is 7.89. The molecule has 1 aromatic carbocycles. The first-order valence-corrected chi connectivity index (χ1v) is 7.27. The third-order valence-corrected chi connectivity index (χ3v) is 3.92. The highest BCUT2D eigenvalue weighted by atomic mass is 32.2. The topological polar surface area (TPSA) is 63.4 Å². The Labute approximate surface area is 103 Å². The molecule has 2 N–H and O–H groups in total. The molecule has 0 spiro atoms. The van der Waals surface area contributed by atoms with Crippen molar-refractivity contribution >= 4 is 10.0 Å². The fourth-order valence-corrected chi connectivity index (χ4v) is 2.60. The van der Waals surface area contributed by atoms with E-state index < -0.39 is 10.0 Å². The second-order valence-corrected chi connectivity index (χ2v) is 5.64. The van der Waals surface area contributed by atoms with Crippen LogP contribution in [-0.2, 0) is 16.6 Å². The van der Waals surface area contributed by atoms with E-state index in [-0.39, 0.29) is 4.90 Å². The van der Waals surface area contributed by atoms with Crippen molar-refractivity contribution in [3.8, 4) is 0 Å². The molecule has 0 saturated heterocycles. The summed E-state index contributed by atoms with van der Waals surface area (Å²) < 4.78 is 22.5. The van der Waals surface area contributed by atoms with Gasteiger partial charge in [-0.2, -0.15) is 0 Å². The number of hydrogen-bond donors (Lipinski definition) is 1. The molecule has 0 fully saturated rings. The normalized spacial score (nSPS) is 12.1. The summed E-state index contributed by atoms with van der Waals surface area (Å²) in [6.45, 7) is 8.77. The minimum atomic E-state index is -3.60. The molecule has 96 valence electrons. The van der Waals surface area contributed by atoms with Crippen molar-refractivity contribution in [1.82, 2.24) is 4.90 Å². The summed E-state index contributed by atoms with van der Waals surface area (Å²) in [5.74, 6) is 0. The molecular formula is C12H20N2O2S. The number of nitrogens with zero attached hydrogens (tertiary/aromatic N) is 1. The van der Waals surface area contributed by atoms with Crippen LogP contribution in [0.3, 0.4) is 0 Å². The maximum absolute atomic E-state index is 11.3. The van der Waals surface area contributed by atoms with Crippen molar-refractivity contribution in [2.75, 3.05) is 13.1 Å². The minimum absolute atomic E-state index is 0.209. The molecular weight excluding hydrogens is 236 g/mol. The second kappa shape index (κ2) is 5.62. The Morgan fingerprint density at radius 1 is 1.24 bits per heavy atom. The first kappa shape index (κ1) is 14.2. The van der Waals surface area contributed by atoms with E-state index in [2.05, 4.69) is 18.7 Å². The Hall–Kier alpha value is -0.910. The molecule has 1 aromatic rings. The highest BCUT2D eigenvalue weighted by Crippen LogP contribution is 2.16. The van der Waals surface area contributed by atoms with E-state index in [1.54, 1.807) is 13.0 Å². The van der Waals surface area contributed by atoms with E-state index >= 15 is 0 Å². The molecule has 0 saturated carbocycles. The van der Waals surface area contributed by atoms with Crippen LogP contribution in [0.1, 0.15) is 25.0 Å². The zero-order valence-electron chi connectivity index (χ0n) is 10.6. The molecule has 0 radical (unpaired) electrons. The molecule has 0 aliphatic heterocycles. The molecule has 0 aromatic heterocycles. The zero-order valence-corrected chi connectivity index (χ0v) is 11.4. The second-order valence-electron chi connectivity index (χ2n) is 4.11. The van der Waals surface area contributed by atoms with Crippen LogP contribution >= 0.6 is 0 Å². The molecule has 0 aliphatic carbocycles. The van der Waals surface area contributed by atoms with Crippen LogP contribution in [0.4, 0.5) is 0 Å². The van der Waals surface area contributed by atoms with Crippen molar-refractivity contribution in [1.29, 1.82) is 0 Å². The molecule has 0 aliphatic rings. The Morgan fingerprint density at radius 2 is 1.82 bits per heavy atom. The maximum Gasteiger partial charge on any atom is 0.238 e. The van der Waals surface area contributed by atoms with Crippen molar-refractivity contribution in [3.63, 3.8) is 0 Å². The number of primary sulfonamides is 1. The molecule has 4 nitrogen and oxygen atoms in total. The van der Waals surface area contributed by atoms with Crippen LogP contribution in [0, 0.1) is 6.92 Å². The number of benzene rings is 1. The quantitative estimate of drug-likeness (QED) is 0.868. The summed E-state index contributed by atoms with van der Waals surface area (Å²) >= 11 is 0. The van der Waals surface area contributed by atoms with Crippen LogP contribution in [0.5, 0.6) is 0 Å². The molecule has 0 atom stereocenters. The lowest BCUT2D eigenvalue weighted by atomic mass is 10.1. The van der Waals surface area contributed by atoms with Crippen molar-refractivity contribution in [3.05, 3.63) is 29.3 Å². The predicted octanol–water partition coefficient (Wildman–Crippen LogP) is 1.48. The fraction of sp³-hybridized carbons (Fsp3) is 0.500. The number of aryl methyl sites for hydroxylation is 1. The van der Waals surface area contributed by atoms with Crippen molar-refractivity contribution in [2.45, 2.75) is 32.2 Å². The first-order chi connectivity index (χ1) is 7.88. The van der Waals surface area contributed by atoms with E-state index in [0.29, 0.717) is 5.56 Å². The number of hydrogen-bond acceptors (Lipinski definition) is 3. The molecule has 0 unspecified atom stereocenters. The van der Waals surface area contributed by atoms with Crippen molar-refractivity contribution < 1.29 is 8.42 Å². The van der Waals surface area contributed by atoms with Crippen molar-refractivity contribution in [2.24, 2.45) is 5.14 Å². The summed E-state index contributed by atoms with van der Waals surface area (Å²) in [5, 5.41) is 5.12. The first-order valence-electron chi connectivity index (χ1n) is 5.73. The van der Waals surface area contributed by atoms with E-state index in [0.717, 1.165) is 25.2 Å². The lowest BCUT2D eigenvalue weighted by Gasteiger charge is -2.18. The molecule has 0 bridgehead atoms. The minimum Gasteiger partial charge on any atom is -0.300 e. The van der Waals surface area contributed by atoms with Gasteiger partial charge >= 0.3 is 0 Å². The van der Waals surface area contributed by atoms with Gasteiger partial charge in [0.1, 0.15) is 0 Å². The zero-order chi connectivity index (χ0) is 13.1. The monoisotopic (exact) mass is 256 g/mol. The average Bonchev–Trinajstić information content (AvgIpc) is 2.24. The van der Waals surface area contributed by atoms with Gasteiger partial charge in [0.05, 0.1) is 4.90 Å². The van der Waals surface area contributed by atoms with Gasteiger partial charge in [0.2, 0.25) is 10.0 Å². The SMILES string of the molecule is CCN(CC)Cc1ccc(S(N)(=O)=O)c(C)c1. The molecule has 5 heteroatoms. The number of rotatable bonds is 5. The van der Waals surface area contributed by atoms with Gasteiger partial charge in [-0.1, -0.05) is 26.0 Å². The third kappa shape index (κ3) is 3.80. The lowest BCUT2D eigenvalue weighted by Crippen LogP contribution is -2.22. The fourth-order valence-electron chi connectivity index (χ4n) is 1.83.